The second-order valence-electron chi connectivity index (χ2n) is 5.33. The van der Waals surface area contributed by atoms with Gasteiger partial charge in [-0.05, 0) is 72.0 Å². The van der Waals surface area contributed by atoms with Crippen molar-refractivity contribution in [1.82, 2.24) is 0 Å². The number of thiol groups is 1. The molecule has 1 heteroatoms. The summed E-state index contributed by atoms with van der Waals surface area (Å²) in [6.45, 7) is 8.82. The summed E-state index contributed by atoms with van der Waals surface area (Å²) in [6, 6.07) is 0. The Kier molecular flexibility index (Phi) is 11.4. The number of hydrogen-bond donors (Lipinski definition) is 1. The maximum absolute atomic E-state index is 4.22. The van der Waals surface area contributed by atoms with Gasteiger partial charge in [0.05, 0.1) is 0 Å². The lowest BCUT2D eigenvalue weighted by atomic mass is 10.1. The molecule has 0 N–H and O–H groups in total. The van der Waals surface area contributed by atoms with Crippen LogP contribution in [-0.4, -0.2) is 5.75 Å². The Bertz CT molecular complexity index is 291. The van der Waals surface area contributed by atoms with Crippen molar-refractivity contribution in [3.63, 3.8) is 0 Å². The highest BCUT2D eigenvalue weighted by Crippen LogP contribution is 2.12. The van der Waals surface area contributed by atoms with Crippen molar-refractivity contribution >= 4 is 12.6 Å². The molecule has 0 aliphatic heterocycles. The van der Waals surface area contributed by atoms with Crippen LogP contribution in [-0.2, 0) is 0 Å². The lowest BCUT2D eigenvalue weighted by molar-refractivity contribution is 0.898. The molecule has 0 aliphatic rings. The summed E-state index contributed by atoms with van der Waals surface area (Å²) < 4.78 is 0. The summed E-state index contributed by atoms with van der Waals surface area (Å²) in [6.07, 6.45) is 14.2. The van der Waals surface area contributed by atoms with E-state index < -0.39 is 0 Å². The third-order valence-corrected chi connectivity index (χ3v) is 3.29. The highest BCUT2D eigenvalue weighted by Gasteiger charge is 1.92. The number of allylic oxidation sites excluding steroid dienone is 6. The molecule has 0 fully saturated rings. The van der Waals surface area contributed by atoms with Gasteiger partial charge in [0.2, 0.25) is 0 Å². The fourth-order valence-electron chi connectivity index (χ4n) is 1.78. The molecule has 0 radical (unpaired) electrons. The predicted octanol–water partition coefficient (Wildman–Crippen LogP) is 6.12. The molecular weight excluding hydrogens is 236 g/mol. The average Bonchev–Trinajstić information content (AvgIpc) is 2.29. The number of rotatable bonds is 9. The normalized spacial score (nSPS) is 12.7. The second-order valence-corrected chi connectivity index (χ2v) is 5.77. The third-order valence-electron chi connectivity index (χ3n) is 2.98. The highest BCUT2D eigenvalue weighted by atomic mass is 32.1. The molecule has 0 heterocycles. The van der Waals surface area contributed by atoms with Gasteiger partial charge in [-0.1, -0.05) is 34.9 Å². The number of unbranched alkanes of at least 4 members (excludes halogenated alkanes) is 1. The number of hydrogen-bond acceptors (Lipinski definition) is 1. The molecule has 0 atom stereocenters. The van der Waals surface area contributed by atoms with Crippen LogP contribution in [0.5, 0.6) is 0 Å². The Hall–Kier alpha value is -0.430. The van der Waals surface area contributed by atoms with Crippen molar-refractivity contribution in [3.8, 4) is 0 Å². The fraction of sp³-hybridized carbons (Fsp3) is 0.647. The van der Waals surface area contributed by atoms with Crippen LogP contribution in [0.1, 0.15) is 66.2 Å². The minimum atomic E-state index is 0.993. The van der Waals surface area contributed by atoms with E-state index in [4.69, 9.17) is 0 Å². The first-order valence-electron chi connectivity index (χ1n) is 7.11. The smallest absolute Gasteiger partial charge is 0.00950 e. The predicted molar refractivity (Wildman–Crippen MR) is 88.5 cm³/mol. The fourth-order valence-corrected chi connectivity index (χ4v) is 1.96. The van der Waals surface area contributed by atoms with Crippen LogP contribution in [0.2, 0.25) is 0 Å². The first kappa shape index (κ1) is 17.6. The van der Waals surface area contributed by atoms with Crippen molar-refractivity contribution in [2.45, 2.75) is 66.2 Å². The quantitative estimate of drug-likeness (QED) is 0.290. The summed E-state index contributed by atoms with van der Waals surface area (Å²) in [5.74, 6) is 0.993. The van der Waals surface area contributed by atoms with Gasteiger partial charge in [-0.3, -0.25) is 0 Å². The van der Waals surface area contributed by atoms with E-state index in [1.165, 1.54) is 55.2 Å². The standard InChI is InChI=1S/C17H30S/c1-15(2)9-7-11-17(4)13-8-12-16(3)10-5-6-14-18/h9-10,13,18H,5-8,11-12,14H2,1-4H3. The maximum Gasteiger partial charge on any atom is -0.00950 e. The molecule has 0 amide bonds. The van der Waals surface area contributed by atoms with Gasteiger partial charge in [0.1, 0.15) is 0 Å². The Labute approximate surface area is 120 Å². The largest absolute Gasteiger partial charge is 0.179 e. The van der Waals surface area contributed by atoms with Gasteiger partial charge in [0, 0.05) is 0 Å². The first-order chi connectivity index (χ1) is 8.56. The minimum Gasteiger partial charge on any atom is -0.179 e. The van der Waals surface area contributed by atoms with Gasteiger partial charge in [-0.15, -0.1) is 0 Å². The Morgan fingerprint density at radius 1 is 0.778 bits per heavy atom. The van der Waals surface area contributed by atoms with Crippen LogP contribution in [0.25, 0.3) is 0 Å². The van der Waals surface area contributed by atoms with E-state index in [-0.39, 0.29) is 0 Å². The second kappa shape index (κ2) is 11.6. The summed E-state index contributed by atoms with van der Waals surface area (Å²) in [5, 5.41) is 0. The molecule has 0 nitrogen and oxygen atoms in total. The van der Waals surface area contributed by atoms with E-state index >= 15 is 0 Å². The topological polar surface area (TPSA) is 0 Å². The average molecular weight is 266 g/mol. The molecule has 0 aliphatic carbocycles. The van der Waals surface area contributed by atoms with E-state index in [0.717, 1.165) is 5.75 Å². The Morgan fingerprint density at radius 3 is 1.78 bits per heavy atom. The molecule has 0 saturated carbocycles. The molecule has 0 aromatic carbocycles. The lowest BCUT2D eigenvalue weighted by Crippen LogP contribution is -1.81. The maximum atomic E-state index is 4.22. The summed E-state index contributed by atoms with van der Waals surface area (Å²) >= 11 is 4.22. The van der Waals surface area contributed by atoms with Crippen LogP contribution in [0.3, 0.4) is 0 Å². The molecule has 18 heavy (non-hydrogen) atoms. The van der Waals surface area contributed by atoms with Crippen molar-refractivity contribution < 1.29 is 0 Å². The van der Waals surface area contributed by atoms with E-state index in [1.54, 1.807) is 0 Å². The zero-order valence-corrected chi connectivity index (χ0v) is 13.5. The van der Waals surface area contributed by atoms with Crippen LogP contribution < -0.4 is 0 Å². The van der Waals surface area contributed by atoms with E-state index in [1.807, 2.05) is 0 Å². The summed E-state index contributed by atoms with van der Waals surface area (Å²) in [4.78, 5) is 0. The first-order valence-corrected chi connectivity index (χ1v) is 7.75. The molecule has 0 unspecified atom stereocenters. The molecule has 0 aromatic rings. The third kappa shape index (κ3) is 12.0. The molecule has 0 rings (SSSR count). The van der Waals surface area contributed by atoms with Crippen LogP contribution in [0, 0.1) is 0 Å². The van der Waals surface area contributed by atoms with E-state index in [2.05, 4.69) is 58.6 Å². The van der Waals surface area contributed by atoms with Crippen molar-refractivity contribution in [2.75, 3.05) is 5.75 Å². The molecule has 0 aromatic heterocycles. The van der Waals surface area contributed by atoms with E-state index in [9.17, 15) is 0 Å². The monoisotopic (exact) mass is 266 g/mol. The Balaban J connectivity index is 3.79. The summed E-state index contributed by atoms with van der Waals surface area (Å²) in [7, 11) is 0. The van der Waals surface area contributed by atoms with Gasteiger partial charge in [-0.25, -0.2) is 0 Å². The zero-order chi connectivity index (χ0) is 13.8. The molecule has 0 saturated heterocycles. The lowest BCUT2D eigenvalue weighted by Gasteiger charge is -2.01. The van der Waals surface area contributed by atoms with Gasteiger partial charge in [0.25, 0.3) is 0 Å². The van der Waals surface area contributed by atoms with Gasteiger partial charge in [-0.2, -0.15) is 12.6 Å². The van der Waals surface area contributed by atoms with Gasteiger partial charge in [0.15, 0.2) is 0 Å². The SMILES string of the molecule is CC(C)=CCCC(C)=CCCC(C)=CCCCS. The van der Waals surface area contributed by atoms with Crippen LogP contribution in [0.15, 0.2) is 34.9 Å². The van der Waals surface area contributed by atoms with E-state index in [0.29, 0.717) is 0 Å². The van der Waals surface area contributed by atoms with Crippen molar-refractivity contribution in [2.24, 2.45) is 0 Å². The minimum absolute atomic E-state index is 0.993. The highest BCUT2D eigenvalue weighted by molar-refractivity contribution is 7.80. The summed E-state index contributed by atoms with van der Waals surface area (Å²) in [5.41, 5.74) is 4.46. The molecule has 0 spiro atoms. The Morgan fingerprint density at radius 2 is 1.28 bits per heavy atom. The zero-order valence-electron chi connectivity index (χ0n) is 12.6. The molecular formula is C17H30S. The van der Waals surface area contributed by atoms with Gasteiger partial charge >= 0.3 is 0 Å². The molecule has 0 bridgehead atoms. The van der Waals surface area contributed by atoms with Crippen LogP contribution >= 0.6 is 12.6 Å². The van der Waals surface area contributed by atoms with Crippen molar-refractivity contribution in [3.05, 3.63) is 34.9 Å². The molecule has 104 valence electrons. The van der Waals surface area contributed by atoms with Gasteiger partial charge < -0.3 is 0 Å². The van der Waals surface area contributed by atoms with Crippen molar-refractivity contribution in [1.29, 1.82) is 0 Å². The van der Waals surface area contributed by atoms with Crippen LogP contribution in [0.4, 0.5) is 0 Å².